The Kier molecular flexibility index (Phi) is 6.83. The van der Waals surface area contributed by atoms with Gasteiger partial charge in [0.05, 0.1) is 20.3 Å². The molecule has 0 aliphatic carbocycles. The van der Waals surface area contributed by atoms with Crippen molar-refractivity contribution >= 4 is 5.97 Å². The third-order valence-electron chi connectivity index (χ3n) is 2.36. The number of hydrogen-bond donors (Lipinski definition) is 1. The van der Waals surface area contributed by atoms with Crippen LogP contribution in [0.4, 0.5) is 0 Å². The summed E-state index contributed by atoms with van der Waals surface area (Å²) >= 11 is 0. The summed E-state index contributed by atoms with van der Waals surface area (Å²) < 4.78 is 15.4. The largest absolute Gasteiger partial charge is 0.491 e. The van der Waals surface area contributed by atoms with Gasteiger partial charge >= 0.3 is 5.97 Å². The van der Waals surface area contributed by atoms with Crippen LogP contribution in [0.5, 0.6) is 5.75 Å². The monoisotopic (exact) mass is 253 g/mol. The minimum Gasteiger partial charge on any atom is -0.491 e. The van der Waals surface area contributed by atoms with Gasteiger partial charge in [-0.2, -0.15) is 0 Å². The molecule has 18 heavy (non-hydrogen) atoms. The predicted molar refractivity (Wildman–Crippen MR) is 67.6 cm³/mol. The molecule has 0 saturated heterocycles. The van der Waals surface area contributed by atoms with E-state index >= 15 is 0 Å². The van der Waals surface area contributed by atoms with E-state index in [0.29, 0.717) is 13.2 Å². The highest BCUT2D eigenvalue weighted by Gasteiger charge is 2.16. The van der Waals surface area contributed by atoms with Gasteiger partial charge < -0.3 is 19.5 Å². The second kappa shape index (κ2) is 8.49. The molecule has 1 N–H and O–H groups in total. The zero-order valence-corrected chi connectivity index (χ0v) is 10.7. The molecule has 0 heterocycles. The average Bonchev–Trinajstić information content (AvgIpc) is 2.43. The molecule has 0 spiro atoms. The smallest absolute Gasteiger partial charge is 0.325 e. The van der Waals surface area contributed by atoms with Crippen LogP contribution >= 0.6 is 0 Å². The maximum absolute atomic E-state index is 11.2. The summed E-state index contributed by atoms with van der Waals surface area (Å²) in [6.07, 6.45) is 0. The van der Waals surface area contributed by atoms with Crippen LogP contribution in [0.15, 0.2) is 30.3 Å². The molecule has 0 bridgehead atoms. The fourth-order valence-electron chi connectivity index (χ4n) is 1.35. The fourth-order valence-corrected chi connectivity index (χ4v) is 1.35. The number of carbonyl (C=O) groups excluding carboxylic acids is 1. The normalized spacial score (nSPS) is 11.9. The number of esters is 1. The molecule has 5 heteroatoms. The van der Waals surface area contributed by atoms with E-state index in [1.54, 1.807) is 7.05 Å². The summed E-state index contributed by atoms with van der Waals surface area (Å²) in [7, 11) is 3.04. The van der Waals surface area contributed by atoms with Crippen LogP contribution in [0.1, 0.15) is 0 Å². The quantitative estimate of drug-likeness (QED) is 0.549. The Morgan fingerprint density at radius 2 is 2.00 bits per heavy atom. The van der Waals surface area contributed by atoms with E-state index in [1.807, 2.05) is 30.3 Å². The minimum atomic E-state index is -0.438. The summed E-state index contributed by atoms with van der Waals surface area (Å²) in [5.74, 6) is 0.473. The first-order valence-corrected chi connectivity index (χ1v) is 5.78. The van der Waals surface area contributed by atoms with Gasteiger partial charge in [-0.15, -0.1) is 0 Å². The molecule has 1 atom stereocenters. The highest BCUT2D eigenvalue weighted by Crippen LogP contribution is 2.07. The van der Waals surface area contributed by atoms with Gasteiger partial charge in [-0.1, -0.05) is 18.2 Å². The number of hydrogen-bond acceptors (Lipinski definition) is 5. The Bertz CT molecular complexity index is 342. The SMILES string of the molecule is CNC(COCCOc1ccccc1)C(=O)OC. The first-order chi connectivity index (χ1) is 8.77. The van der Waals surface area contributed by atoms with Crippen molar-refractivity contribution in [3.8, 4) is 5.75 Å². The molecule has 1 aromatic rings. The highest BCUT2D eigenvalue weighted by molar-refractivity contribution is 5.75. The first-order valence-electron chi connectivity index (χ1n) is 5.78. The third-order valence-corrected chi connectivity index (χ3v) is 2.36. The number of nitrogens with one attached hydrogen (secondary N) is 1. The lowest BCUT2D eigenvalue weighted by atomic mass is 10.3. The minimum absolute atomic E-state index is 0.265. The van der Waals surface area contributed by atoms with E-state index in [4.69, 9.17) is 9.47 Å². The van der Waals surface area contributed by atoms with Gasteiger partial charge in [0.25, 0.3) is 0 Å². The summed E-state index contributed by atoms with van der Waals surface area (Å²) in [6.45, 7) is 1.13. The number of likely N-dealkylation sites (N-methyl/N-ethyl adjacent to an activating group) is 1. The maximum atomic E-state index is 11.2. The van der Waals surface area contributed by atoms with Crippen LogP contribution in [0, 0.1) is 0 Å². The Hall–Kier alpha value is -1.59. The highest BCUT2D eigenvalue weighted by atomic mass is 16.5. The van der Waals surface area contributed by atoms with Crippen molar-refractivity contribution in [3.63, 3.8) is 0 Å². The lowest BCUT2D eigenvalue weighted by molar-refractivity contribution is -0.144. The van der Waals surface area contributed by atoms with Crippen LogP contribution in [0.3, 0.4) is 0 Å². The standard InChI is InChI=1S/C13H19NO4/c1-14-12(13(15)16-2)10-17-8-9-18-11-6-4-3-5-7-11/h3-7,12,14H,8-10H2,1-2H3. The molecule has 1 aromatic carbocycles. The topological polar surface area (TPSA) is 56.8 Å². The Morgan fingerprint density at radius 1 is 1.28 bits per heavy atom. The maximum Gasteiger partial charge on any atom is 0.325 e. The molecular weight excluding hydrogens is 234 g/mol. The van der Waals surface area contributed by atoms with Gasteiger partial charge in [0.1, 0.15) is 18.4 Å². The second-order valence-electron chi connectivity index (χ2n) is 3.60. The molecule has 1 rings (SSSR count). The van der Waals surface area contributed by atoms with Crippen molar-refractivity contribution < 1.29 is 19.0 Å². The van der Waals surface area contributed by atoms with Crippen LogP contribution < -0.4 is 10.1 Å². The summed E-state index contributed by atoms with van der Waals surface area (Å²) in [4.78, 5) is 11.2. The van der Waals surface area contributed by atoms with E-state index in [-0.39, 0.29) is 12.6 Å². The van der Waals surface area contributed by atoms with E-state index in [0.717, 1.165) is 5.75 Å². The van der Waals surface area contributed by atoms with E-state index < -0.39 is 6.04 Å². The van der Waals surface area contributed by atoms with Crippen LogP contribution in [0.2, 0.25) is 0 Å². The average molecular weight is 253 g/mol. The van der Waals surface area contributed by atoms with Crippen molar-refractivity contribution in [2.24, 2.45) is 0 Å². The van der Waals surface area contributed by atoms with E-state index in [1.165, 1.54) is 7.11 Å². The number of carbonyl (C=O) groups is 1. The molecule has 100 valence electrons. The van der Waals surface area contributed by atoms with E-state index in [9.17, 15) is 4.79 Å². The molecule has 0 fully saturated rings. The first kappa shape index (κ1) is 14.5. The van der Waals surface area contributed by atoms with Gasteiger partial charge in [0, 0.05) is 0 Å². The fraction of sp³-hybridized carbons (Fsp3) is 0.462. The third kappa shape index (κ3) is 5.16. The Labute approximate surface area is 107 Å². The number of methoxy groups -OCH3 is 1. The van der Waals surface area contributed by atoms with Gasteiger partial charge in [0.15, 0.2) is 0 Å². The van der Waals surface area contributed by atoms with Crippen molar-refractivity contribution in [2.45, 2.75) is 6.04 Å². The summed E-state index contributed by atoms with van der Waals surface area (Å²) in [6, 6.07) is 9.06. The van der Waals surface area contributed by atoms with Crippen LogP contribution in [-0.4, -0.2) is 46.0 Å². The van der Waals surface area contributed by atoms with Crippen molar-refractivity contribution in [1.82, 2.24) is 5.32 Å². The summed E-state index contributed by atoms with van der Waals surface area (Å²) in [5, 5.41) is 2.82. The molecule has 1 unspecified atom stereocenters. The van der Waals surface area contributed by atoms with Gasteiger partial charge in [-0.05, 0) is 19.2 Å². The lowest BCUT2D eigenvalue weighted by Crippen LogP contribution is -2.39. The molecular formula is C13H19NO4. The van der Waals surface area contributed by atoms with Gasteiger partial charge in [-0.25, -0.2) is 0 Å². The molecule has 0 aliphatic heterocycles. The molecule has 0 saturated carbocycles. The molecule has 0 radical (unpaired) electrons. The van der Waals surface area contributed by atoms with Crippen molar-refractivity contribution in [1.29, 1.82) is 0 Å². The Morgan fingerprint density at radius 3 is 2.61 bits per heavy atom. The van der Waals surface area contributed by atoms with Crippen LogP contribution in [0.25, 0.3) is 0 Å². The Balaban J connectivity index is 2.13. The van der Waals surface area contributed by atoms with Gasteiger partial charge in [-0.3, -0.25) is 4.79 Å². The number of rotatable bonds is 8. The summed E-state index contributed by atoms with van der Waals surface area (Å²) in [5.41, 5.74) is 0. The molecule has 0 aromatic heterocycles. The molecule has 0 amide bonds. The van der Waals surface area contributed by atoms with Crippen LogP contribution in [-0.2, 0) is 14.3 Å². The van der Waals surface area contributed by atoms with Gasteiger partial charge in [0.2, 0.25) is 0 Å². The predicted octanol–water partition coefficient (Wildman–Crippen LogP) is 0.843. The van der Waals surface area contributed by atoms with E-state index in [2.05, 4.69) is 10.1 Å². The second-order valence-corrected chi connectivity index (χ2v) is 3.60. The number of benzene rings is 1. The lowest BCUT2D eigenvalue weighted by Gasteiger charge is -2.14. The number of para-hydroxylation sites is 1. The van der Waals surface area contributed by atoms with Crippen molar-refractivity contribution in [3.05, 3.63) is 30.3 Å². The number of ether oxygens (including phenoxy) is 3. The molecule has 5 nitrogen and oxygen atoms in total. The van der Waals surface area contributed by atoms with Crippen molar-refractivity contribution in [2.75, 3.05) is 34.0 Å². The zero-order valence-electron chi connectivity index (χ0n) is 10.7. The zero-order chi connectivity index (χ0) is 13.2. The molecule has 0 aliphatic rings.